The minimum atomic E-state index is -0.376. The first-order valence-corrected chi connectivity index (χ1v) is 5.24. The van der Waals surface area contributed by atoms with Crippen LogP contribution in [0.15, 0.2) is 36.4 Å². The quantitative estimate of drug-likeness (QED) is 0.782. The monoisotopic (exact) mass is 246 g/mol. The van der Waals surface area contributed by atoms with E-state index in [1.807, 2.05) is 6.07 Å². The first-order valence-electron chi connectivity index (χ1n) is 4.87. The Morgan fingerprint density at radius 2 is 1.94 bits per heavy atom. The Kier molecular flexibility index (Phi) is 2.99. The van der Waals surface area contributed by atoms with E-state index in [9.17, 15) is 4.39 Å². The van der Waals surface area contributed by atoms with Crippen LogP contribution in [0.3, 0.4) is 0 Å². The van der Waals surface area contributed by atoms with Gasteiger partial charge in [-0.15, -0.1) is 0 Å². The second kappa shape index (κ2) is 4.44. The maximum absolute atomic E-state index is 13.6. The van der Waals surface area contributed by atoms with E-state index in [-0.39, 0.29) is 5.82 Å². The summed E-state index contributed by atoms with van der Waals surface area (Å²) < 4.78 is 13.6. The highest BCUT2D eigenvalue weighted by Crippen LogP contribution is 2.28. The lowest BCUT2D eigenvalue weighted by Crippen LogP contribution is -1.92. The van der Waals surface area contributed by atoms with Crippen LogP contribution in [0.2, 0.25) is 5.02 Å². The number of nitrogens with two attached hydrogens (primary N) is 1. The van der Waals surface area contributed by atoms with Crippen LogP contribution in [0.4, 0.5) is 10.1 Å². The summed E-state index contributed by atoms with van der Waals surface area (Å²) in [5.74, 6) is -0.376. The normalized spacial score (nSPS) is 9.94. The van der Waals surface area contributed by atoms with Gasteiger partial charge in [0.15, 0.2) is 0 Å². The van der Waals surface area contributed by atoms with E-state index >= 15 is 0 Å². The number of hydrogen-bond acceptors (Lipinski definition) is 2. The topological polar surface area (TPSA) is 49.8 Å². The Morgan fingerprint density at radius 3 is 2.59 bits per heavy atom. The molecule has 0 unspecified atom stereocenters. The van der Waals surface area contributed by atoms with Crippen LogP contribution >= 0.6 is 11.6 Å². The molecular formula is C13H8ClFN2. The number of rotatable bonds is 1. The van der Waals surface area contributed by atoms with Gasteiger partial charge in [-0.05, 0) is 35.9 Å². The predicted molar refractivity (Wildman–Crippen MR) is 66.0 cm³/mol. The van der Waals surface area contributed by atoms with Gasteiger partial charge in [0.25, 0.3) is 0 Å². The van der Waals surface area contributed by atoms with Crippen molar-refractivity contribution in [1.82, 2.24) is 0 Å². The van der Waals surface area contributed by atoms with Crippen molar-refractivity contribution in [2.24, 2.45) is 0 Å². The number of benzene rings is 2. The zero-order chi connectivity index (χ0) is 12.4. The second-order valence-electron chi connectivity index (χ2n) is 3.54. The second-order valence-corrected chi connectivity index (χ2v) is 3.97. The number of nitriles is 1. The molecule has 0 radical (unpaired) electrons. The summed E-state index contributed by atoms with van der Waals surface area (Å²) in [6.07, 6.45) is 0. The Balaban J connectivity index is 2.58. The van der Waals surface area contributed by atoms with Crippen LogP contribution in [-0.4, -0.2) is 0 Å². The number of hydrogen-bond donors (Lipinski definition) is 1. The van der Waals surface area contributed by atoms with Crippen molar-refractivity contribution in [3.63, 3.8) is 0 Å². The Labute approximate surface area is 103 Å². The minimum Gasteiger partial charge on any atom is -0.398 e. The van der Waals surface area contributed by atoms with E-state index in [1.54, 1.807) is 18.2 Å². The number of anilines is 1. The summed E-state index contributed by atoms with van der Waals surface area (Å²) in [6, 6.07) is 11.0. The van der Waals surface area contributed by atoms with E-state index < -0.39 is 0 Å². The largest absolute Gasteiger partial charge is 0.398 e. The summed E-state index contributed by atoms with van der Waals surface area (Å²) in [4.78, 5) is 0. The summed E-state index contributed by atoms with van der Waals surface area (Å²) in [6.45, 7) is 0. The minimum absolute atomic E-state index is 0.323. The van der Waals surface area contributed by atoms with E-state index in [0.29, 0.717) is 27.4 Å². The van der Waals surface area contributed by atoms with Gasteiger partial charge >= 0.3 is 0 Å². The molecular weight excluding hydrogens is 239 g/mol. The van der Waals surface area contributed by atoms with Crippen molar-refractivity contribution in [3.05, 3.63) is 52.8 Å². The van der Waals surface area contributed by atoms with E-state index in [0.717, 1.165) is 0 Å². The lowest BCUT2D eigenvalue weighted by Gasteiger charge is -2.06. The molecule has 0 amide bonds. The van der Waals surface area contributed by atoms with E-state index in [1.165, 1.54) is 18.2 Å². The molecule has 0 bridgehead atoms. The molecule has 0 aliphatic heterocycles. The fourth-order valence-corrected chi connectivity index (χ4v) is 1.72. The molecule has 2 rings (SSSR count). The fourth-order valence-electron chi connectivity index (χ4n) is 1.55. The third-order valence-corrected chi connectivity index (χ3v) is 2.65. The molecule has 2 aromatic rings. The summed E-state index contributed by atoms with van der Waals surface area (Å²) in [7, 11) is 0. The van der Waals surface area contributed by atoms with Gasteiger partial charge in [0.2, 0.25) is 0 Å². The first-order chi connectivity index (χ1) is 8.11. The number of halogens is 2. The van der Waals surface area contributed by atoms with Crippen LogP contribution in [0, 0.1) is 17.1 Å². The Bertz CT molecular complexity index is 617. The van der Waals surface area contributed by atoms with Crippen molar-refractivity contribution in [1.29, 1.82) is 5.26 Å². The molecule has 0 aromatic heterocycles. The Hall–Kier alpha value is -2.05. The number of nitrogen functional groups attached to an aromatic ring is 1. The fraction of sp³-hybridized carbons (Fsp3) is 0. The summed E-state index contributed by atoms with van der Waals surface area (Å²) in [5.41, 5.74) is 7.34. The van der Waals surface area contributed by atoms with Gasteiger partial charge in [0, 0.05) is 10.6 Å². The van der Waals surface area contributed by atoms with Crippen molar-refractivity contribution in [3.8, 4) is 17.2 Å². The van der Waals surface area contributed by atoms with Crippen LogP contribution < -0.4 is 5.73 Å². The molecule has 17 heavy (non-hydrogen) atoms. The molecule has 0 saturated heterocycles. The van der Waals surface area contributed by atoms with Gasteiger partial charge in [-0.3, -0.25) is 0 Å². The smallest absolute Gasteiger partial charge is 0.131 e. The lowest BCUT2D eigenvalue weighted by atomic mass is 10.0. The molecule has 0 atom stereocenters. The van der Waals surface area contributed by atoms with Crippen molar-refractivity contribution < 1.29 is 4.39 Å². The molecule has 4 heteroatoms. The molecule has 2 aromatic carbocycles. The highest BCUT2D eigenvalue weighted by Gasteiger charge is 2.07. The zero-order valence-electron chi connectivity index (χ0n) is 8.74. The maximum atomic E-state index is 13.6. The molecule has 0 heterocycles. The molecule has 84 valence electrons. The summed E-state index contributed by atoms with van der Waals surface area (Å²) >= 11 is 5.81. The van der Waals surface area contributed by atoms with Gasteiger partial charge in [-0.1, -0.05) is 17.7 Å². The van der Waals surface area contributed by atoms with Gasteiger partial charge < -0.3 is 5.73 Å². The van der Waals surface area contributed by atoms with E-state index in [2.05, 4.69) is 0 Å². The number of nitrogens with zero attached hydrogens (tertiary/aromatic N) is 1. The van der Waals surface area contributed by atoms with Crippen LogP contribution in [-0.2, 0) is 0 Å². The molecule has 0 aliphatic carbocycles. The lowest BCUT2D eigenvalue weighted by molar-refractivity contribution is 0.631. The average Bonchev–Trinajstić information content (AvgIpc) is 2.32. The molecule has 0 fully saturated rings. The average molecular weight is 247 g/mol. The first kappa shape index (κ1) is 11.4. The SMILES string of the molecule is N#Cc1ccc(-c2cc(Cl)ccc2F)cc1N. The van der Waals surface area contributed by atoms with E-state index in [4.69, 9.17) is 22.6 Å². The predicted octanol–water partition coefficient (Wildman–Crippen LogP) is 3.60. The van der Waals surface area contributed by atoms with Gasteiger partial charge in [0.1, 0.15) is 11.9 Å². The zero-order valence-corrected chi connectivity index (χ0v) is 9.50. The molecule has 0 spiro atoms. The van der Waals surface area contributed by atoms with Crippen molar-refractivity contribution >= 4 is 17.3 Å². The van der Waals surface area contributed by atoms with Gasteiger partial charge in [0.05, 0.1) is 11.3 Å². The highest BCUT2D eigenvalue weighted by molar-refractivity contribution is 6.30. The third-order valence-electron chi connectivity index (χ3n) is 2.41. The van der Waals surface area contributed by atoms with Crippen LogP contribution in [0.5, 0.6) is 0 Å². The highest BCUT2D eigenvalue weighted by atomic mass is 35.5. The molecule has 0 saturated carbocycles. The third kappa shape index (κ3) is 2.22. The molecule has 2 N–H and O–H groups in total. The molecule has 0 aliphatic rings. The standard InChI is InChI=1S/C13H8ClFN2/c14-10-3-4-12(15)11(6-10)8-1-2-9(7-16)13(17)5-8/h1-6H,17H2. The van der Waals surface area contributed by atoms with Crippen molar-refractivity contribution in [2.45, 2.75) is 0 Å². The maximum Gasteiger partial charge on any atom is 0.131 e. The van der Waals surface area contributed by atoms with Crippen LogP contribution in [0.1, 0.15) is 5.56 Å². The van der Waals surface area contributed by atoms with Crippen LogP contribution in [0.25, 0.3) is 11.1 Å². The summed E-state index contributed by atoms with van der Waals surface area (Å²) in [5, 5.41) is 9.20. The Morgan fingerprint density at radius 1 is 1.18 bits per heavy atom. The van der Waals surface area contributed by atoms with Gasteiger partial charge in [-0.25, -0.2) is 4.39 Å². The van der Waals surface area contributed by atoms with Crippen molar-refractivity contribution in [2.75, 3.05) is 5.73 Å². The van der Waals surface area contributed by atoms with Gasteiger partial charge in [-0.2, -0.15) is 5.26 Å². The molecule has 2 nitrogen and oxygen atoms in total.